The molecule has 0 bridgehead atoms. The summed E-state index contributed by atoms with van der Waals surface area (Å²) in [6.45, 7) is 5.73. The fourth-order valence-corrected chi connectivity index (χ4v) is 2.12. The van der Waals surface area contributed by atoms with Gasteiger partial charge in [-0.1, -0.05) is 6.07 Å². The average molecular weight is 238 g/mol. The first kappa shape index (κ1) is 12.3. The Morgan fingerprint density at radius 2 is 2.35 bits per heavy atom. The van der Waals surface area contributed by atoms with Gasteiger partial charge in [-0.05, 0) is 13.0 Å². The van der Waals surface area contributed by atoms with E-state index in [1.54, 1.807) is 7.11 Å². The number of halogens is 1. The summed E-state index contributed by atoms with van der Waals surface area (Å²) in [5, 5.41) is 3.33. The Labute approximate surface area is 102 Å². The number of hydrogen-bond acceptors (Lipinski definition) is 3. The highest BCUT2D eigenvalue weighted by Crippen LogP contribution is 2.18. The first-order valence-electron chi connectivity index (χ1n) is 5.98. The summed E-state index contributed by atoms with van der Waals surface area (Å²) in [5.41, 5.74) is 0.736. The largest absolute Gasteiger partial charge is 0.497 e. The van der Waals surface area contributed by atoms with Crippen LogP contribution in [0.5, 0.6) is 5.75 Å². The van der Waals surface area contributed by atoms with Gasteiger partial charge in [0.1, 0.15) is 11.6 Å². The minimum absolute atomic E-state index is 0.185. The van der Waals surface area contributed by atoms with E-state index < -0.39 is 0 Å². The Kier molecular flexibility index (Phi) is 3.97. The molecule has 1 aliphatic rings. The van der Waals surface area contributed by atoms with Crippen LogP contribution in [0.3, 0.4) is 0 Å². The van der Waals surface area contributed by atoms with Gasteiger partial charge in [-0.2, -0.15) is 0 Å². The number of nitrogens with one attached hydrogen (secondary N) is 1. The standard InChI is InChI=1S/C13H19FN2O/c1-10-8-15-5-6-16(10)9-11-3-4-12(17-2)7-13(11)14/h3-4,7,10,15H,5-6,8-9H2,1-2H3. The molecule has 4 heteroatoms. The third kappa shape index (κ3) is 2.96. The maximum absolute atomic E-state index is 13.8. The lowest BCUT2D eigenvalue weighted by Gasteiger charge is -2.33. The van der Waals surface area contributed by atoms with E-state index in [2.05, 4.69) is 17.1 Å². The van der Waals surface area contributed by atoms with E-state index >= 15 is 0 Å². The van der Waals surface area contributed by atoms with E-state index in [1.807, 2.05) is 12.1 Å². The van der Waals surface area contributed by atoms with Crippen LogP contribution in [0.25, 0.3) is 0 Å². The Bertz CT molecular complexity index is 384. The zero-order chi connectivity index (χ0) is 12.3. The van der Waals surface area contributed by atoms with Gasteiger partial charge in [0, 0.05) is 43.9 Å². The molecule has 1 N–H and O–H groups in total. The van der Waals surface area contributed by atoms with Gasteiger partial charge in [0.05, 0.1) is 7.11 Å². The van der Waals surface area contributed by atoms with Crippen LogP contribution in [0.1, 0.15) is 12.5 Å². The second-order valence-corrected chi connectivity index (χ2v) is 4.48. The third-order valence-corrected chi connectivity index (χ3v) is 3.27. The Hall–Kier alpha value is -1.13. The topological polar surface area (TPSA) is 24.5 Å². The molecule has 3 nitrogen and oxygen atoms in total. The van der Waals surface area contributed by atoms with Gasteiger partial charge in [0.25, 0.3) is 0 Å². The number of hydrogen-bond donors (Lipinski definition) is 1. The first-order valence-corrected chi connectivity index (χ1v) is 5.98. The summed E-state index contributed by atoms with van der Waals surface area (Å²) >= 11 is 0. The van der Waals surface area contributed by atoms with Crippen LogP contribution in [-0.4, -0.2) is 37.7 Å². The molecule has 1 unspecified atom stereocenters. The molecule has 1 atom stereocenters. The molecule has 0 aromatic heterocycles. The quantitative estimate of drug-likeness (QED) is 0.866. The third-order valence-electron chi connectivity index (χ3n) is 3.27. The van der Waals surface area contributed by atoms with Crippen molar-refractivity contribution in [2.45, 2.75) is 19.5 Å². The summed E-state index contributed by atoms with van der Waals surface area (Å²) in [6.07, 6.45) is 0. The fraction of sp³-hybridized carbons (Fsp3) is 0.538. The predicted octanol–water partition coefficient (Wildman–Crippen LogP) is 1.63. The highest BCUT2D eigenvalue weighted by atomic mass is 19.1. The molecule has 1 aromatic carbocycles. The highest BCUT2D eigenvalue weighted by molar-refractivity contribution is 5.28. The normalized spacial score (nSPS) is 21.5. The summed E-state index contributed by atoms with van der Waals surface area (Å²) in [6, 6.07) is 5.52. The van der Waals surface area contributed by atoms with Crippen molar-refractivity contribution in [1.82, 2.24) is 10.2 Å². The number of rotatable bonds is 3. The van der Waals surface area contributed by atoms with E-state index in [-0.39, 0.29) is 5.82 Å². The molecule has 0 radical (unpaired) electrons. The molecular formula is C13H19FN2O. The molecule has 0 spiro atoms. The van der Waals surface area contributed by atoms with Crippen LogP contribution >= 0.6 is 0 Å². The highest BCUT2D eigenvalue weighted by Gasteiger charge is 2.19. The second-order valence-electron chi connectivity index (χ2n) is 4.48. The van der Waals surface area contributed by atoms with E-state index in [1.165, 1.54) is 6.07 Å². The Morgan fingerprint density at radius 1 is 1.53 bits per heavy atom. The van der Waals surface area contributed by atoms with Crippen molar-refractivity contribution in [3.8, 4) is 5.75 Å². The van der Waals surface area contributed by atoms with Crippen LogP contribution in [-0.2, 0) is 6.54 Å². The zero-order valence-corrected chi connectivity index (χ0v) is 10.4. The van der Waals surface area contributed by atoms with Crippen molar-refractivity contribution in [3.63, 3.8) is 0 Å². The molecule has 0 saturated carbocycles. The molecule has 1 saturated heterocycles. The number of methoxy groups -OCH3 is 1. The van der Waals surface area contributed by atoms with Crippen molar-refractivity contribution >= 4 is 0 Å². The average Bonchev–Trinajstić information content (AvgIpc) is 2.34. The number of piperazine rings is 1. The van der Waals surface area contributed by atoms with Crippen LogP contribution in [0.4, 0.5) is 4.39 Å². The molecule has 0 aliphatic carbocycles. The molecule has 17 heavy (non-hydrogen) atoms. The second kappa shape index (κ2) is 5.47. The van der Waals surface area contributed by atoms with Gasteiger partial charge in [-0.25, -0.2) is 4.39 Å². The van der Waals surface area contributed by atoms with Gasteiger partial charge in [0.2, 0.25) is 0 Å². The summed E-state index contributed by atoms with van der Waals surface area (Å²) in [4.78, 5) is 2.29. The van der Waals surface area contributed by atoms with Crippen LogP contribution in [0.2, 0.25) is 0 Å². The van der Waals surface area contributed by atoms with Crippen molar-refractivity contribution in [2.75, 3.05) is 26.7 Å². The van der Waals surface area contributed by atoms with E-state index in [4.69, 9.17) is 4.74 Å². The number of benzene rings is 1. The van der Waals surface area contributed by atoms with E-state index in [9.17, 15) is 4.39 Å². The predicted molar refractivity (Wildman–Crippen MR) is 65.7 cm³/mol. The molecule has 1 fully saturated rings. The molecule has 0 amide bonds. The fourth-order valence-electron chi connectivity index (χ4n) is 2.12. The Morgan fingerprint density at radius 3 is 3.00 bits per heavy atom. The van der Waals surface area contributed by atoms with Crippen molar-refractivity contribution < 1.29 is 9.13 Å². The molecule has 2 rings (SSSR count). The van der Waals surface area contributed by atoms with Crippen LogP contribution < -0.4 is 10.1 Å². The number of nitrogens with zero attached hydrogens (tertiary/aromatic N) is 1. The summed E-state index contributed by atoms with van der Waals surface area (Å²) in [5.74, 6) is 0.384. The Balaban J connectivity index is 2.07. The lowest BCUT2D eigenvalue weighted by molar-refractivity contribution is 0.163. The monoisotopic (exact) mass is 238 g/mol. The summed E-state index contributed by atoms with van der Waals surface area (Å²) < 4.78 is 18.8. The molecule has 1 aromatic rings. The molecule has 1 aliphatic heterocycles. The van der Waals surface area contributed by atoms with Crippen molar-refractivity contribution in [1.29, 1.82) is 0 Å². The van der Waals surface area contributed by atoms with Crippen molar-refractivity contribution in [2.24, 2.45) is 0 Å². The smallest absolute Gasteiger partial charge is 0.131 e. The van der Waals surface area contributed by atoms with E-state index in [0.717, 1.165) is 25.2 Å². The minimum Gasteiger partial charge on any atom is -0.497 e. The zero-order valence-electron chi connectivity index (χ0n) is 10.4. The van der Waals surface area contributed by atoms with Gasteiger partial charge in [0.15, 0.2) is 0 Å². The molecule has 1 heterocycles. The van der Waals surface area contributed by atoms with Gasteiger partial charge >= 0.3 is 0 Å². The maximum atomic E-state index is 13.8. The summed E-state index contributed by atoms with van der Waals surface area (Å²) in [7, 11) is 1.55. The first-order chi connectivity index (χ1) is 8.20. The van der Waals surface area contributed by atoms with Gasteiger partial charge in [-0.3, -0.25) is 4.90 Å². The minimum atomic E-state index is -0.185. The maximum Gasteiger partial charge on any atom is 0.131 e. The van der Waals surface area contributed by atoms with Crippen molar-refractivity contribution in [3.05, 3.63) is 29.6 Å². The van der Waals surface area contributed by atoms with Crippen LogP contribution in [0.15, 0.2) is 18.2 Å². The van der Waals surface area contributed by atoms with Gasteiger partial charge < -0.3 is 10.1 Å². The lowest BCUT2D eigenvalue weighted by Crippen LogP contribution is -2.49. The van der Waals surface area contributed by atoms with E-state index in [0.29, 0.717) is 18.3 Å². The van der Waals surface area contributed by atoms with Crippen LogP contribution in [0, 0.1) is 5.82 Å². The molecular weight excluding hydrogens is 219 g/mol. The lowest BCUT2D eigenvalue weighted by atomic mass is 10.1. The number of ether oxygens (including phenoxy) is 1. The SMILES string of the molecule is COc1ccc(CN2CCNCC2C)c(F)c1. The van der Waals surface area contributed by atoms with Gasteiger partial charge in [-0.15, -0.1) is 0 Å². The molecule has 94 valence electrons.